The maximum atomic E-state index is 6.26. The third kappa shape index (κ3) is 2.25. The molecule has 1 heterocycles. The second-order valence-electron chi connectivity index (χ2n) is 4.53. The Morgan fingerprint density at radius 2 is 1.95 bits per heavy atom. The van der Waals surface area contributed by atoms with Gasteiger partial charge in [-0.05, 0) is 36.8 Å². The average Bonchev–Trinajstić information content (AvgIpc) is 2.40. The molecule has 2 aromatic carbocycles. The van der Waals surface area contributed by atoms with Crippen LogP contribution in [-0.2, 0) is 0 Å². The number of fused-ring (bicyclic) bond motifs is 1. The highest BCUT2D eigenvalue weighted by molar-refractivity contribution is 9.10. The van der Waals surface area contributed by atoms with Gasteiger partial charge in [0.15, 0.2) is 5.82 Å². The van der Waals surface area contributed by atoms with E-state index < -0.39 is 0 Å². The lowest BCUT2D eigenvalue weighted by atomic mass is 10.1. The second-order valence-corrected chi connectivity index (χ2v) is 5.85. The lowest BCUT2D eigenvalue weighted by Gasteiger charge is -2.08. The van der Waals surface area contributed by atoms with Crippen molar-refractivity contribution in [2.45, 2.75) is 6.92 Å². The minimum Gasteiger partial charge on any atom is -0.383 e. The van der Waals surface area contributed by atoms with E-state index in [2.05, 4.69) is 25.9 Å². The first-order valence-corrected chi connectivity index (χ1v) is 7.21. The zero-order valence-corrected chi connectivity index (χ0v) is 13.0. The summed E-state index contributed by atoms with van der Waals surface area (Å²) in [5.74, 6) is 1.01. The van der Waals surface area contributed by atoms with Crippen molar-refractivity contribution in [3.8, 4) is 11.4 Å². The van der Waals surface area contributed by atoms with Crippen molar-refractivity contribution in [3.05, 3.63) is 51.5 Å². The van der Waals surface area contributed by atoms with Crippen molar-refractivity contribution in [2.24, 2.45) is 0 Å². The van der Waals surface area contributed by atoms with Gasteiger partial charge in [0, 0.05) is 15.4 Å². The Hall–Kier alpha value is -1.65. The molecule has 0 radical (unpaired) electrons. The number of benzene rings is 2. The highest BCUT2D eigenvalue weighted by Gasteiger charge is 2.11. The van der Waals surface area contributed by atoms with E-state index in [1.165, 1.54) is 0 Å². The Morgan fingerprint density at radius 3 is 2.70 bits per heavy atom. The van der Waals surface area contributed by atoms with Crippen LogP contribution in [0.1, 0.15) is 5.56 Å². The number of nitrogen functional groups attached to an aromatic ring is 1. The van der Waals surface area contributed by atoms with Gasteiger partial charge in [-0.15, -0.1) is 0 Å². The first-order chi connectivity index (χ1) is 9.56. The molecule has 100 valence electrons. The van der Waals surface area contributed by atoms with E-state index >= 15 is 0 Å². The first-order valence-electron chi connectivity index (χ1n) is 6.04. The van der Waals surface area contributed by atoms with Gasteiger partial charge in [0.25, 0.3) is 0 Å². The predicted molar refractivity (Wildman–Crippen MR) is 86.8 cm³/mol. The van der Waals surface area contributed by atoms with Crippen LogP contribution < -0.4 is 5.73 Å². The monoisotopic (exact) mass is 347 g/mol. The first kappa shape index (κ1) is 13.3. The summed E-state index contributed by atoms with van der Waals surface area (Å²) in [7, 11) is 0. The fourth-order valence-corrected chi connectivity index (χ4v) is 2.87. The average molecular weight is 349 g/mol. The smallest absolute Gasteiger partial charge is 0.163 e. The number of aryl methyl sites for hydroxylation is 1. The van der Waals surface area contributed by atoms with Gasteiger partial charge in [-0.2, -0.15) is 0 Å². The number of halogens is 2. The van der Waals surface area contributed by atoms with Crippen molar-refractivity contribution in [2.75, 3.05) is 5.73 Å². The van der Waals surface area contributed by atoms with Crippen LogP contribution in [0.4, 0.5) is 5.82 Å². The second kappa shape index (κ2) is 5.04. The van der Waals surface area contributed by atoms with Gasteiger partial charge < -0.3 is 5.73 Å². The van der Waals surface area contributed by atoms with Gasteiger partial charge >= 0.3 is 0 Å². The molecule has 5 heteroatoms. The van der Waals surface area contributed by atoms with Crippen LogP contribution in [0.3, 0.4) is 0 Å². The number of hydrogen-bond donors (Lipinski definition) is 1. The van der Waals surface area contributed by atoms with Crippen LogP contribution in [0.25, 0.3) is 22.3 Å². The van der Waals surface area contributed by atoms with Crippen molar-refractivity contribution in [1.29, 1.82) is 0 Å². The van der Waals surface area contributed by atoms with E-state index in [0.29, 0.717) is 16.7 Å². The minimum atomic E-state index is 0.465. The molecule has 3 rings (SSSR count). The van der Waals surface area contributed by atoms with E-state index in [1.807, 2.05) is 43.3 Å². The summed E-state index contributed by atoms with van der Waals surface area (Å²) in [5, 5.41) is 1.45. The fourth-order valence-electron chi connectivity index (χ4n) is 2.11. The third-order valence-electron chi connectivity index (χ3n) is 3.13. The summed E-state index contributed by atoms with van der Waals surface area (Å²) in [6.07, 6.45) is 0. The fraction of sp³-hybridized carbons (Fsp3) is 0.0667. The summed E-state index contributed by atoms with van der Waals surface area (Å²) in [4.78, 5) is 8.98. The molecule has 0 amide bonds. The number of nitrogens with zero attached hydrogens (tertiary/aromatic N) is 2. The molecule has 0 saturated carbocycles. The van der Waals surface area contributed by atoms with Gasteiger partial charge in [-0.1, -0.05) is 39.7 Å². The molecule has 3 aromatic rings. The van der Waals surface area contributed by atoms with Gasteiger partial charge in [0.1, 0.15) is 5.82 Å². The van der Waals surface area contributed by atoms with Crippen LogP contribution in [0, 0.1) is 6.92 Å². The number of para-hydroxylation sites is 1. The molecule has 0 aliphatic heterocycles. The molecule has 0 unspecified atom stereocenters. The molecule has 1 aromatic heterocycles. The summed E-state index contributed by atoms with van der Waals surface area (Å²) >= 11 is 9.64. The van der Waals surface area contributed by atoms with Gasteiger partial charge in [-0.3, -0.25) is 0 Å². The Balaban J connectivity index is 2.29. The van der Waals surface area contributed by atoms with E-state index in [4.69, 9.17) is 17.3 Å². The third-order valence-corrected chi connectivity index (χ3v) is 3.94. The van der Waals surface area contributed by atoms with E-state index in [1.54, 1.807) is 0 Å². The van der Waals surface area contributed by atoms with Gasteiger partial charge in [-0.25, -0.2) is 9.97 Å². The van der Waals surface area contributed by atoms with Gasteiger partial charge in [0.05, 0.1) is 10.5 Å². The van der Waals surface area contributed by atoms with Crippen LogP contribution >= 0.6 is 27.5 Å². The Morgan fingerprint density at radius 1 is 1.15 bits per heavy atom. The van der Waals surface area contributed by atoms with Gasteiger partial charge in [0.2, 0.25) is 0 Å². The van der Waals surface area contributed by atoms with Crippen molar-refractivity contribution < 1.29 is 0 Å². The standard InChI is InChI=1S/C15H11BrClN3/c1-8-3-2-4-11-13(8)19-15(20-14(11)18)10-6-5-9(16)7-12(10)17/h2-7H,1H3,(H2,18,19,20). The number of hydrogen-bond acceptors (Lipinski definition) is 3. The van der Waals surface area contributed by atoms with Crippen LogP contribution in [-0.4, -0.2) is 9.97 Å². The van der Waals surface area contributed by atoms with E-state index in [9.17, 15) is 0 Å². The maximum Gasteiger partial charge on any atom is 0.163 e. The zero-order chi connectivity index (χ0) is 14.3. The molecule has 2 N–H and O–H groups in total. The summed E-state index contributed by atoms with van der Waals surface area (Å²) in [5.41, 5.74) is 8.73. The Bertz CT molecular complexity index is 818. The molecule has 3 nitrogen and oxygen atoms in total. The molecule has 0 fully saturated rings. The highest BCUT2D eigenvalue weighted by atomic mass is 79.9. The molecular weight excluding hydrogens is 338 g/mol. The van der Waals surface area contributed by atoms with Crippen molar-refractivity contribution in [3.63, 3.8) is 0 Å². The summed E-state index contributed by atoms with van der Waals surface area (Å²) in [6.45, 7) is 2.00. The SMILES string of the molecule is Cc1cccc2c(N)nc(-c3ccc(Br)cc3Cl)nc12. The lowest BCUT2D eigenvalue weighted by molar-refractivity contribution is 1.22. The molecule has 0 aliphatic rings. The van der Waals surface area contributed by atoms with E-state index in [0.717, 1.165) is 26.5 Å². The van der Waals surface area contributed by atoms with Crippen LogP contribution in [0.5, 0.6) is 0 Å². The zero-order valence-electron chi connectivity index (χ0n) is 10.7. The van der Waals surface area contributed by atoms with Crippen molar-refractivity contribution >= 4 is 44.3 Å². The Labute approximate surface area is 129 Å². The molecule has 0 spiro atoms. The Kier molecular flexibility index (Phi) is 3.36. The predicted octanol–water partition coefficient (Wildman–Crippen LogP) is 4.60. The van der Waals surface area contributed by atoms with E-state index in [-0.39, 0.29) is 0 Å². The normalized spacial score (nSPS) is 10.9. The number of rotatable bonds is 1. The molecule has 0 atom stereocenters. The van der Waals surface area contributed by atoms with Crippen LogP contribution in [0.15, 0.2) is 40.9 Å². The minimum absolute atomic E-state index is 0.465. The molecule has 0 bridgehead atoms. The number of nitrogens with two attached hydrogens (primary N) is 1. The lowest BCUT2D eigenvalue weighted by Crippen LogP contribution is -1.99. The largest absolute Gasteiger partial charge is 0.383 e. The topological polar surface area (TPSA) is 51.8 Å². The summed E-state index contributed by atoms with van der Waals surface area (Å²) in [6, 6.07) is 11.5. The molecule has 20 heavy (non-hydrogen) atoms. The quantitative estimate of drug-likeness (QED) is 0.699. The number of aromatic nitrogens is 2. The number of anilines is 1. The molecule has 0 aliphatic carbocycles. The molecular formula is C15H11BrClN3. The highest BCUT2D eigenvalue weighted by Crippen LogP contribution is 2.31. The van der Waals surface area contributed by atoms with Crippen LogP contribution in [0.2, 0.25) is 5.02 Å². The maximum absolute atomic E-state index is 6.26. The molecule has 0 saturated heterocycles. The van der Waals surface area contributed by atoms with Crippen molar-refractivity contribution in [1.82, 2.24) is 9.97 Å². The summed E-state index contributed by atoms with van der Waals surface area (Å²) < 4.78 is 0.913.